The lowest BCUT2D eigenvalue weighted by atomic mass is 9.96. The number of hydrogen-bond acceptors (Lipinski definition) is 4. The smallest absolute Gasteiger partial charge is 0.252 e. The highest BCUT2D eigenvalue weighted by Crippen LogP contribution is 2.30. The molecule has 6 heteroatoms. The number of benzene rings is 1. The highest BCUT2D eigenvalue weighted by molar-refractivity contribution is 6.13. The second-order valence-electron chi connectivity index (χ2n) is 6.38. The van der Waals surface area contributed by atoms with Crippen LogP contribution < -0.4 is 10.2 Å². The fourth-order valence-electron chi connectivity index (χ4n) is 3.25. The van der Waals surface area contributed by atoms with Crippen molar-refractivity contribution in [2.24, 2.45) is 4.99 Å². The van der Waals surface area contributed by atoms with E-state index in [4.69, 9.17) is 5.11 Å². The van der Waals surface area contributed by atoms with Gasteiger partial charge in [0.2, 0.25) is 5.91 Å². The minimum absolute atomic E-state index is 0.0680. The molecule has 0 saturated carbocycles. The SMILES string of the molecule is CC(=O)N1CCCc2cc(C3=CC=C(C(=O)NCCO)C=NC3)ccc21. The first-order valence-electron chi connectivity index (χ1n) is 8.81. The Balaban J connectivity index is 1.84. The lowest BCUT2D eigenvalue weighted by molar-refractivity contribution is -0.117. The zero-order valence-corrected chi connectivity index (χ0v) is 14.9. The molecule has 0 aliphatic carbocycles. The number of aliphatic hydroxyl groups is 1. The highest BCUT2D eigenvalue weighted by Gasteiger charge is 2.20. The van der Waals surface area contributed by atoms with Crippen molar-refractivity contribution in [2.45, 2.75) is 19.8 Å². The average molecular weight is 353 g/mol. The number of aryl methyl sites for hydroxylation is 1. The molecule has 2 heterocycles. The first-order valence-corrected chi connectivity index (χ1v) is 8.81. The van der Waals surface area contributed by atoms with E-state index in [-0.39, 0.29) is 25.0 Å². The van der Waals surface area contributed by atoms with Gasteiger partial charge in [0.1, 0.15) is 0 Å². The molecule has 3 rings (SSSR count). The number of carbonyl (C=O) groups excluding carboxylic acids is 2. The zero-order chi connectivity index (χ0) is 18.5. The Labute approximate surface area is 152 Å². The van der Waals surface area contributed by atoms with E-state index in [1.54, 1.807) is 19.2 Å². The van der Waals surface area contributed by atoms with Crippen LogP contribution in [0, 0.1) is 0 Å². The molecule has 1 aromatic rings. The standard InChI is InChI=1S/C20H23N3O3/c1-14(25)23-9-2-3-16-11-15(6-7-19(16)23)17-4-5-18(13-21-12-17)20(26)22-8-10-24/h4-7,11,13,24H,2-3,8-10,12H2,1H3,(H,22,26). The first-order chi connectivity index (χ1) is 12.6. The number of aliphatic imine (C=N–C) groups is 1. The highest BCUT2D eigenvalue weighted by atomic mass is 16.3. The number of allylic oxidation sites excluding steroid dienone is 2. The summed E-state index contributed by atoms with van der Waals surface area (Å²) in [6.07, 6.45) is 7.14. The Morgan fingerprint density at radius 3 is 2.92 bits per heavy atom. The van der Waals surface area contributed by atoms with Gasteiger partial charge in [0.05, 0.1) is 18.7 Å². The molecule has 2 amide bonds. The Morgan fingerprint density at radius 2 is 2.15 bits per heavy atom. The summed E-state index contributed by atoms with van der Waals surface area (Å²) in [7, 11) is 0. The van der Waals surface area contributed by atoms with Gasteiger partial charge < -0.3 is 15.3 Å². The summed E-state index contributed by atoms with van der Waals surface area (Å²) in [4.78, 5) is 30.0. The van der Waals surface area contributed by atoms with Gasteiger partial charge in [-0.05, 0) is 47.8 Å². The van der Waals surface area contributed by atoms with Gasteiger partial charge in [0.15, 0.2) is 0 Å². The molecule has 0 unspecified atom stereocenters. The van der Waals surface area contributed by atoms with Gasteiger partial charge in [-0.15, -0.1) is 0 Å². The van der Waals surface area contributed by atoms with Crippen LogP contribution in [0.25, 0.3) is 5.57 Å². The number of nitrogens with zero attached hydrogens (tertiary/aromatic N) is 2. The quantitative estimate of drug-likeness (QED) is 0.860. The van der Waals surface area contributed by atoms with Gasteiger partial charge in [-0.1, -0.05) is 12.1 Å². The molecule has 0 spiro atoms. The van der Waals surface area contributed by atoms with Crippen LogP contribution in [0.15, 0.2) is 40.9 Å². The molecular formula is C20H23N3O3. The van der Waals surface area contributed by atoms with Gasteiger partial charge in [0, 0.05) is 31.9 Å². The van der Waals surface area contributed by atoms with Crippen molar-refractivity contribution in [3.8, 4) is 0 Å². The van der Waals surface area contributed by atoms with Crippen LogP contribution in [-0.2, 0) is 16.0 Å². The summed E-state index contributed by atoms with van der Waals surface area (Å²) >= 11 is 0. The number of rotatable bonds is 4. The molecule has 1 aromatic carbocycles. The van der Waals surface area contributed by atoms with Crippen molar-refractivity contribution < 1.29 is 14.7 Å². The molecule has 0 saturated heterocycles. The monoisotopic (exact) mass is 353 g/mol. The maximum absolute atomic E-state index is 12.0. The van der Waals surface area contributed by atoms with Crippen LogP contribution in [0.3, 0.4) is 0 Å². The molecule has 0 atom stereocenters. The second-order valence-corrected chi connectivity index (χ2v) is 6.38. The van der Waals surface area contributed by atoms with Crippen molar-refractivity contribution in [3.63, 3.8) is 0 Å². The average Bonchev–Trinajstić information content (AvgIpc) is 2.91. The maximum atomic E-state index is 12.0. The number of amides is 2. The van der Waals surface area contributed by atoms with Crippen LogP contribution in [0.4, 0.5) is 5.69 Å². The summed E-state index contributed by atoms with van der Waals surface area (Å²) in [6, 6.07) is 6.13. The minimum atomic E-state index is -0.247. The largest absolute Gasteiger partial charge is 0.395 e. The van der Waals surface area contributed by atoms with E-state index in [0.717, 1.165) is 36.2 Å². The molecule has 0 radical (unpaired) electrons. The number of nitrogens with one attached hydrogen (secondary N) is 1. The molecular weight excluding hydrogens is 330 g/mol. The van der Waals surface area contributed by atoms with E-state index in [1.165, 1.54) is 5.56 Å². The molecule has 2 N–H and O–H groups in total. The number of anilines is 1. The van der Waals surface area contributed by atoms with Crippen molar-refractivity contribution in [3.05, 3.63) is 47.1 Å². The summed E-state index contributed by atoms with van der Waals surface area (Å²) < 4.78 is 0. The van der Waals surface area contributed by atoms with Crippen LogP contribution >= 0.6 is 0 Å². The lowest BCUT2D eigenvalue weighted by Gasteiger charge is -2.29. The third kappa shape index (κ3) is 3.91. The van der Waals surface area contributed by atoms with Crippen LogP contribution in [0.1, 0.15) is 24.5 Å². The molecule has 26 heavy (non-hydrogen) atoms. The van der Waals surface area contributed by atoms with Crippen molar-refractivity contribution in [2.75, 3.05) is 31.1 Å². The molecule has 0 fully saturated rings. The number of fused-ring (bicyclic) bond motifs is 1. The Kier molecular flexibility index (Phi) is 5.63. The first kappa shape index (κ1) is 18.1. The van der Waals surface area contributed by atoms with Gasteiger partial charge in [0.25, 0.3) is 5.91 Å². The van der Waals surface area contributed by atoms with Crippen molar-refractivity contribution in [1.82, 2.24) is 5.32 Å². The third-order valence-electron chi connectivity index (χ3n) is 4.56. The van der Waals surface area contributed by atoms with Crippen LogP contribution in [-0.4, -0.2) is 49.4 Å². The van der Waals surface area contributed by atoms with E-state index in [1.807, 2.05) is 23.1 Å². The fraction of sp³-hybridized carbons (Fsp3) is 0.350. The van der Waals surface area contributed by atoms with E-state index in [2.05, 4.69) is 16.4 Å². The fourth-order valence-corrected chi connectivity index (χ4v) is 3.25. The molecule has 2 aliphatic rings. The lowest BCUT2D eigenvalue weighted by Crippen LogP contribution is -2.33. The molecule has 2 aliphatic heterocycles. The molecule has 0 aromatic heterocycles. The van der Waals surface area contributed by atoms with Crippen molar-refractivity contribution >= 4 is 29.3 Å². The Hall–Kier alpha value is -2.73. The minimum Gasteiger partial charge on any atom is -0.395 e. The Morgan fingerprint density at radius 1 is 1.31 bits per heavy atom. The van der Waals surface area contributed by atoms with E-state index >= 15 is 0 Å². The summed E-state index contributed by atoms with van der Waals surface area (Å²) in [5.74, 6) is -0.179. The van der Waals surface area contributed by atoms with E-state index < -0.39 is 0 Å². The topological polar surface area (TPSA) is 82.0 Å². The zero-order valence-electron chi connectivity index (χ0n) is 14.9. The predicted molar refractivity (Wildman–Crippen MR) is 102 cm³/mol. The van der Waals surface area contributed by atoms with Crippen LogP contribution in [0.5, 0.6) is 0 Å². The summed E-state index contributed by atoms with van der Waals surface area (Å²) in [6.45, 7) is 2.98. The normalized spacial score (nSPS) is 16.3. The third-order valence-corrected chi connectivity index (χ3v) is 4.56. The molecule has 6 nitrogen and oxygen atoms in total. The van der Waals surface area contributed by atoms with E-state index in [0.29, 0.717) is 12.1 Å². The number of hydrogen-bond donors (Lipinski definition) is 2. The van der Waals surface area contributed by atoms with Crippen LogP contribution in [0.2, 0.25) is 0 Å². The second kappa shape index (κ2) is 8.10. The number of carbonyl (C=O) groups is 2. The molecule has 136 valence electrons. The summed E-state index contributed by atoms with van der Waals surface area (Å²) in [5, 5.41) is 11.4. The Bertz CT molecular complexity index is 809. The van der Waals surface area contributed by atoms with Gasteiger partial charge in [-0.2, -0.15) is 0 Å². The van der Waals surface area contributed by atoms with E-state index in [9.17, 15) is 9.59 Å². The van der Waals surface area contributed by atoms with Gasteiger partial charge in [-0.25, -0.2) is 0 Å². The number of aliphatic hydroxyl groups excluding tert-OH is 1. The van der Waals surface area contributed by atoms with Crippen molar-refractivity contribution in [1.29, 1.82) is 0 Å². The van der Waals surface area contributed by atoms with Gasteiger partial charge >= 0.3 is 0 Å². The van der Waals surface area contributed by atoms with Gasteiger partial charge in [-0.3, -0.25) is 14.6 Å². The molecule has 0 bridgehead atoms. The maximum Gasteiger partial charge on any atom is 0.252 e. The predicted octanol–water partition coefficient (Wildman–Crippen LogP) is 1.49. The summed E-state index contributed by atoms with van der Waals surface area (Å²) in [5.41, 5.74) is 4.70.